The summed E-state index contributed by atoms with van der Waals surface area (Å²) in [7, 11) is 0. The Labute approximate surface area is 190 Å². The molecule has 0 saturated heterocycles. The van der Waals surface area contributed by atoms with Crippen LogP contribution in [0.5, 0.6) is 0 Å². The highest BCUT2D eigenvalue weighted by Gasteiger charge is 2.29. The third kappa shape index (κ3) is 4.46. The minimum Gasteiger partial charge on any atom is -0.369 e. The molecule has 0 spiro atoms. The number of rotatable bonds is 6. The lowest BCUT2D eigenvalue weighted by Crippen LogP contribution is -2.28. The summed E-state index contributed by atoms with van der Waals surface area (Å²) in [5.41, 5.74) is 6.84. The molecular formula is C23H27F2N7O. The number of nitrogens with one attached hydrogen (secondary N) is 2. The number of fused-ring (bicyclic) bond motifs is 1. The predicted octanol–water partition coefficient (Wildman–Crippen LogP) is 4.42. The van der Waals surface area contributed by atoms with Gasteiger partial charge in [-0.2, -0.15) is 4.98 Å². The summed E-state index contributed by atoms with van der Waals surface area (Å²) in [4.78, 5) is 25.4. The van der Waals surface area contributed by atoms with Crippen LogP contribution in [0.3, 0.4) is 0 Å². The number of hydrogen-bond donors (Lipinski definition) is 3. The molecule has 1 amide bonds. The van der Waals surface area contributed by atoms with Gasteiger partial charge in [-0.15, -0.1) is 0 Å². The summed E-state index contributed by atoms with van der Waals surface area (Å²) in [5.74, 6) is -0.825. The molecule has 0 unspecified atom stereocenters. The molecule has 0 bridgehead atoms. The zero-order valence-corrected chi connectivity index (χ0v) is 18.2. The number of primary amides is 1. The molecule has 2 aromatic heterocycles. The SMILES string of the molecule is NC(=O)[C@H]1CC[C@@H](n2c(Nc3ccc(F)cc3F)nc3cnc(NC4CCCC4)nc32)CC1. The molecule has 33 heavy (non-hydrogen) atoms. The normalized spacial score (nSPS) is 21.4. The Balaban J connectivity index is 1.51. The molecule has 2 aliphatic rings. The molecule has 10 heteroatoms. The van der Waals surface area contributed by atoms with Crippen molar-refractivity contribution in [3.05, 3.63) is 36.0 Å². The van der Waals surface area contributed by atoms with E-state index < -0.39 is 11.6 Å². The maximum absolute atomic E-state index is 14.4. The predicted molar refractivity (Wildman–Crippen MR) is 121 cm³/mol. The van der Waals surface area contributed by atoms with Crippen LogP contribution >= 0.6 is 0 Å². The topological polar surface area (TPSA) is 111 Å². The Kier molecular flexibility index (Phi) is 5.82. The molecule has 8 nitrogen and oxygen atoms in total. The van der Waals surface area contributed by atoms with E-state index in [1.54, 1.807) is 6.20 Å². The fraction of sp³-hybridized carbons (Fsp3) is 0.478. The highest BCUT2D eigenvalue weighted by Crippen LogP contribution is 2.37. The smallest absolute Gasteiger partial charge is 0.224 e. The molecular weight excluding hydrogens is 428 g/mol. The Morgan fingerprint density at radius 2 is 1.82 bits per heavy atom. The molecule has 0 aliphatic heterocycles. The van der Waals surface area contributed by atoms with Gasteiger partial charge in [0.2, 0.25) is 17.8 Å². The summed E-state index contributed by atoms with van der Waals surface area (Å²) in [5, 5.41) is 6.42. The maximum Gasteiger partial charge on any atom is 0.224 e. The largest absolute Gasteiger partial charge is 0.369 e. The van der Waals surface area contributed by atoms with E-state index in [-0.39, 0.29) is 23.6 Å². The van der Waals surface area contributed by atoms with Crippen molar-refractivity contribution in [3.8, 4) is 0 Å². The van der Waals surface area contributed by atoms with Gasteiger partial charge in [-0.25, -0.2) is 18.7 Å². The maximum atomic E-state index is 14.4. The lowest BCUT2D eigenvalue weighted by atomic mass is 9.85. The van der Waals surface area contributed by atoms with Gasteiger partial charge in [0.15, 0.2) is 5.65 Å². The molecule has 0 radical (unpaired) electrons. The first-order valence-corrected chi connectivity index (χ1v) is 11.5. The summed E-state index contributed by atoms with van der Waals surface area (Å²) < 4.78 is 29.7. The monoisotopic (exact) mass is 455 g/mol. The summed E-state index contributed by atoms with van der Waals surface area (Å²) in [6, 6.07) is 3.73. The molecule has 2 aliphatic carbocycles. The minimum atomic E-state index is -0.708. The van der Waals surface area contributed by atoms with Crippen LogP contribution in [0.25, 0.3) is 11.2 Å². The summed E-state index contributed by atoms with van der Waals surface area (Å²) in [6.07, 6.45) is 9.01. The number of amides is 1. The van der Waals surface area contributed by atoms with E-state index in [0.717, 1.165) is 31.7 Å². The summed E-state index contributed by atoms with van der Waals surface area (Å²) in [6.45, 7) is 0. The fourth-order valence-electron chi connectivity index (χ4n) is 4.98. The van der Waals surface area contributed by atoms with Crippen molar-refractivity contribution in [1.29, 1.82) is 0 Å². The molecule has 2 saturated carbocycles. The standard InChI is InChI=1S/C23H27F2N7O/c24-14-7-10-18(17(25)11-14)29-23-30-19-12-27-22(28-15-3-1-2-4-15)31-21(19)32(23)16-8-5-13(6-9-16)20(26)33/h7,10-13,15-16H,1-6,8-9H2,(H2,26,33)(H,29,30)(H,27,28,31)/t13-,16+. The van der Waals surface area contributed by atoms with Crippen molar-refractivity contribution >= 4 is 34.7 Å². The first-order chi connectivity index (χ1) is 16.0. The number of anilines is 3. The lowest BCUT2D eigenvalue weighted by molar-refractivity contribution is -0.122. The van der Waals surface area contributed by atoms with Gasteiger partial charge < -0.3 is 16.4 Å². The van der Waals surface area contributed by atoms with Crippen LogP contribution in [-0.2, 0) is 4.79 Å². The van der Waals surface area contributed by atoms with Crippen molar-refractivity contribution < 1.29 is 13.6 Å². The highest BCUT2D eigenvalue weighted by atomic mass is 19.1. The zero-order chi connectivity index (χ0) is 22.9. The van der Waals surface area contributed by atoms with E-state index in [1.807, 2.05) is 4.57 Å². The molecule has 4 N–H and O–H groups in total. The number of halogens is 2. The number of benzene rings is 1. The van der Waals surface area contributed by atoms with E-state index in [9.17, 15) is 13.6 Å². The van der Waals surface area contributed by atoms with Gasteiger partial charge in [-0.3, -0.25) is 9.36 Å². The second-order valence-corrected chi connectivity index (χ2v) is 8.99. The lowest BCUT2D eigenvalue weighted by Gasteiger charge is -2.29. The summed E-state index contributed by atoms with van der Waals surface area (Å²) >= 11 is 0. The van der Waals surface area contributed by atoms with Crippen molar-refractivity contribution in [1.82, 2.24) is 19.5 Å². The average Bonchev–Trinajstić information content (AvgIpc) is 3.43. The van der Waals surface area contributed by atoms with Crippen LogP contribution in [0.4, 0.5) is 26.4 Å². The Morgan fingerprint density at radius 1 is 1.06 bits per heavy atom. The zero-order valence-electron chi connectivity index (χ0n) is 18.2. The Bertz CT molecular complexity index is 1170. The molecule has 2 heterocycles. The number of imidazole rings is 1. The van der Waals surface area contributed by atoms with Crippen molar-refractivity contribution in [2.75, 3.05) is 10.6 Å². The average molecular weight is 456 g/mol. The molecule has 1 aromatic carbocycles. The van der Waals surface area contributed by atoms with Crippen LogP contribution in [0.15, 0.2) is 24.4 Å². The van der Waals surface area contributed by atoms with Gasteiger partial charge in [-0.1, -0.05) is 12.8 Å². The second kappa shape index (κ2) is 8.92. The van der Waals surface area contributed by atoms with Crippen LogP contribution in [0, 0.1) is 17.6 Å². The second-order valence-electron chi connectivity index (χ2n) is 8.99. The molecule has 2 fully saturated rings. The minimum absolute atomic E-state index is 0.00541. The van der Waals surface area contributed by atoms with Gasteiger partial charge >= 0.3 is 0 Å². The third-order valence-corrected chi connectivity index (χ3v) is 6.76. The first-order valence-electron chi connectivity index (χ1n) is 11.5. The Hall–Kier alpha value is -3.30. The number of hydrogen-bond acceptors (Lipinski definition) is 6. The van der Waals surface area contributed by atoms with Crippen LogP contribution < -0.4 is 16.4 Å². The quantitative estimate of drug-likeness (QED) is 0.508. The number of nitrogens with two attached hydrogens (primary N) is 1. The third-order valence-electron chi connectivity index (χ3n) is 6.76. The van der Waals surface area contributed by atoms with Crippen molar-refractivity contribution in [3.63, 3.8) is 0 Å². The van der Waals surface area contributed by atoms with Gasteiger partial charge in [-0.05, 0) is 50.7 Å². The van der Waals surface area contributed by atoms with E-state index >= 15 is 0 Å². The number of carbonyl (C=O) groups is 1. The van der Waals surface area contributed by atoms with Crippen LogP contribution in [-0.4, -0.2) is 31.5 Å². The number of aromatic nitrogens is 4. The number of carbonyl (C=O) groups excluding carboxylic acids is 1. The van der Waals surface area contributed by atoms with Gasteiger partial charge in [0.1, 0.15) is 17.2 Å². The first kappa shape index (κ1) is 21.5. The van der Waals surface area contributed by atoms with Crippen LogP contribution in [0.1, 0.15) is 57.4 Å². The van der Waals surface area contributed by atoms with E-state index in [1.165, 1.54) is 25.0 Å². The molecule has 3 aromatic rings. The molecule has 174 valence electrons. The van der Waals surface area contributed by atoms with Crippen LogP contribution in [0.2, 0.25) is 0 Å². The Morgan fingerprint density at radius 3 is 2.52 bits per heavy atom. The van der Waals surface area contributed by atoms with E-state index in [4.69, 9.17) is 10.7 Å². The molecule has 5 rings (SSSR count). The van der Waals surface area contributed by atoms with Crippen molar-refractivity contribution in [2.24, 2.45) is 11.7 Å². The van der Waals surface area contributed by atoms with E-state index in [0.29, 0.717) is 41.9 Å². The number of nitrogens with zero attached hydrogens (tertiary/aromatic N) is 4. The van der Waals surface area contributed by atoms with Gasteiger partial charge in [0.25, 0.3) is 0 Å². The fourth-order valence-corrected chi connectivity index (χ4v) is 4.98. The highest BCUT2D eigenvalue weighted by molar-refractivity contribution is 5.78. The molecule has 0 atom stereocenters. The van der Waals surface area contributed by atoms with E-state index in [2.05, 4.69) is 20.6 Å². The van der Waals surface area contributed by atoms with Gasteiger partial charge in [0, 0.05) is 24.1 Å². The van der Waals surface area contributed by atoms with Gasteiger partial charge in [0.05, 0.1) is 11.9 Å². The van der Waals surface area contributed by atoms with Crippen molar-refractivity contribution in [2.45, 2.75) is 63.5 Å².